The summed E-state index contributed by atoms with van der Waals surface area (Å²) in [6, 6.07) is 3.28. The van der Waals surface area contributed by atoms with Gasteiger partial charge in [0.1, 0.15) is 11.6 Å². The highest BCUT2D eigenvalue weighted by molar-refractivity contribution is 5.97. The van der Waals surface area contributed by atoms with E-state index in [9.17, 15) is 13.6 Å². The van der Waals surface area contributed by atoms with Gasteiger partial charge in [-0.05, 0) is 32.4 Å². The highest BCUT2D eigenvalue weighted by atomic mass is 19.1. The molecule has 1 aromatic rings. The molecule has 0 saturated carbocycles. The van der Waals surface area contributed by atoms with Crippen LogP contribution >= 0.6 is 0 Å². The van der Waals surface area contributed by atoms with Gasteiger partial charge in [-0.25, -0.2) is 8.78 Å². The van der Waals surface area contributed by atoms with Gasteiger partial charge in [0.05, 0.1) is 5.69 Å². The Kier molecular flexibility index (Phi) is 2.45. The minimum atomic E-state index is -0.691. The predicted octanol–water partition coefficient (Wildman–Crippen LogP) is 2.87. The SMILES string of the molecule is CC1(C)CCC(=O)N1c1ccc(F)cc1F. The van der Waals surface area contributed by atoms with Crippen LogP contribution in [0.4, 0.5) is 14.5 Å². The van der Waals surface area contributed by atoms with Crippen LogP contribution in [0.15, 0.2) is 18.2 Å². The number of hydrogen-bond acceptors (Lipinski definition) is 1. The Bertz CT molecular complexity index is 443. The molecule has 1 aliphatic heterocycles. The second kappa shape index (κ2) is 3.54. The summed E-state index contributed by atoms with van der Waals surface area (Å²) in [6.45, 7) is 3.75. The molecule has 4 heteroatoms. The number of nitrogens with zero attached hydrogens (tertiary/aromatic N) is 1. The number of anilines is 1. The molecule has 0 N–H and O–H groups in total. The van der Waals surface area contributed by atoms with Gasteiger partial charge < -0.3 is 4.90 Å². The zero-order chi connectivity index (χ0) is 11.9. The summed E-state index contributed by atoms with van der Waals surface area (Å²) < 4.78 is 26.4. The first-order valence-electron chi connectivity index (χ1n) is 5.20. The maximum absolute atomic E-state index is 13.6. The molecule has 1 amide bonds. The molecule has 0 unspecified atom stereocenters. The summed E-state index contributed by atoms with van der Waals surface area (Å²) in [5, 5.41) is 0. The van der Waals surface area contributed by atoms with Crippen molar-refractivity contribution in [2.75, 3.05) is 4.90 Å². The maximum Gasteiger partial charge on any atom is 0.227 e. The smallest absolute Gasteiger partial charge is 0.227 e. The molecule has 1 aromatic carbocycles. The van der Waals surface area contributed by atoms with E-state index in [0.717, 1.165) is 6.07 Å². The van der Waals surface area contributed by atoms with Gasteiger partial charge in [0, 0.05) is 18.0 Å². The van der Waals surface area contributed by atoms with E-state index in [1.165, 1.54) is 17.0 Å². The lowest BCUT2D eigenvalue weighted by Crippen LogP contribution is -2.41. The Morgan fingerprint density at radius 2 is 2.00 bits per heavy atom. The van der Waals surface area contributed by atoms with E-state index in [-0.39, 0.29) is 11.6 Å². The first-order valence-corrected chi connectivity index (χ1v) is 5.20. The Morgan fingerprint density at radius 3 is 2.50 bits per heavy atom. The van der Waals surface area contributed by atoms with Crippen LogP contribution in [0.1, 0.15) is 26.7 Å². The minimum absolute atomic E-state index is 0.115. The molecule has 0 atom stereocenters. The molecule has 1 heterocycles. The van der Waals surface area contributed by atoms with Gasteiger partial charge in [-0.2, -0.15) is 0 Å². The number of hydrogen-bond donors (Lipinski definition) is 0. The zero-order valence-electron chi connectivity index (χ0n) is 9.26. The number of halogens is 2. The second-order valence-electron chi connectivity index (χ2n) is 4.64. The average Bonchev–Trinajstić information content (AvgIpc) is 2.43. The molecule has 0 aromatic heterocycles. The first kappa shape index (κ1) is 11.0. The van der Waals surface area contributed by atoms with Crippen LogP contribution < -0.4 is 4.90 Å². The molecule has 0 spiro atoms. The summed E-state index contributed by atoms with van der Waals surface area (Å²) in [5.41, 5.74) is -0.246. The van der Waals surface area contributed by atoms with Gasteiger partial charge in [-0.1, -0.05) is 0 Å². The molecule has 86 valence electrons. The fourth-order valence-electron chi connectivity index (χ4n) is 2.10. The van der Waals surface area contributed by atoms with Crippen molar-refractivity contribution in [1.29, 1.82) is 0 Å². The van der Waals surface area contributed by atoms with Crippen molar-refractivity contribution in [1.82, 2.24) is 0 Å². The van der Waals surface area contributed by atoms with E-state index in [0.29, 0.717) is 12.8 Å². The predicted molar refractivity (Wildman–Crippen MR) is 57.2 cm³/mol. The summed E-state index contributed by atoms with van der Waals surface area (Å²) in [4.78, 5) is 13.1. The lowest BCUT2D eigenvalue weighted by molar-refractivity contribution is -0.117. The molecule has 1 aliphatic rings. The van der Waals surface area contributed by atoms with Gasteiger partial charge in [0.25, 0.3) is 0 Å². The van der Waals surface area contributed by atoms with E-state index in [1.807, 2.05) is 13.8 Å². The normalized spacial score (nSPS) is 19.2. The highest BCUT2D eigenvalue weighted by Gasteiger charge is 2.39. The molecule has 16 heavy (non-hydrogen) atoms. The van der Waals surface area contributed by atoms with Crippen molar-refractivity contribution in [3.8, 4) is 0 Å². The first-order chi connectivity index (χ1) is 7.42. The van der Waals surface area contributed by atoms with Crippen molar-refractivity contribution >= 4 is 11.6 Å². The topological polar surface area (TPSA) is 20.3 Å². The molecule has 2 rings (SSSR count). The van der Waals surface area contributed by atoms with Crippen LogP contribution in [-0.2, 0) is 4.79 Å². The maximum atomic E-state index is 13.6. The van der Waals surface area contributed by atoms with Crippen LogP contribution in [0.5, 0.6) is 0 Å². The summed E-state index contributed by atoms with van der Waals surface area (Å²) in [5.74, 6) is -1.44. The van der Waals surface area contributed by atoms with Crippen molar-refractivity contribution in [2.24, 2.45) is 0 Å². The summed E-state index contributed by atoms with van der Waals surface area (Å²) in [6.07, 6.45) is 1.09. The minimum Gasteiger partial charge on any atom is -0.304 e. The number of carbonyl (C=O) groups is 1. The monoisotopic (exact) mass is 225 g/mol. The Labute approximate surface area is 92.9 Å². The van der Waals surface area contributed by atoms with Crippen molar-refractivity contribution in [3.63, 3.8) is 0 Å². The van der Waals surface area contributed by atoms with Gasteiger partial charge in [0.15, 0.2) is 0 Å². The third-order valence-electron chi connectivity index (χ3n) is 2.96. The fourth-order valence-corrected chi connectivity index (χ4v) is 2.10. The molecule has 1 fully saturated rings. The summed E-state index contributed by atoms with van der Waals surface area (Å²) in [7, 11) is 0. The fraction of sp³-hybridized carbons (Fsp3) is 0.417. The second-order valence-corrected chi connectivity index (χ2v) is 4.64. The van der Waals surface area contributed by atoms with Gasteiger partial charge in [0.2, 0.25) is 5.91 Å². The van der Waals surface area contributed by atoms with E-state index in [2.05, 4.69) is 0 Å². The van der Waals surface area contributed by atoms with Crippen LogP contribution in [-0.4, -0.2) is 11.4 Å². The van der Waals surface area contributed by atoms with Crippen LogP contribution in [0.2, 0.25) is 0 Å². The number of amides is 1. The van der Waals surface area contributed by atoms with Crippen LogP contribution in [0.3, 0.4) is 0 Å². The Balaban J connectivity index is 2.47. The number of rotatable bonds is 1. The molecule has 0 aliphatic carbocycles. The Hall–Kier alpha value is -1.45. The lowest BCUT2D eigenvalue weighted by Gasteiger charge is -2.31. The molecule has 1 saturated heterocycles. The molecule has 0 bridgehead atoms. The molecular formula is C12H13F2NO. The number of carbonyl (C=O) groups excluding carboxylic acids is 1. The third kappa shape index (κ3) is 1.68. The van der Waals surface area contributed by atoms with E-state index < -0.39 is 17.2 Å². The lowest BCUT2D eigenvalue weighted by atomic mass is 10.0. The van der Waals surface area contributed by atoms with Crippen molar-refractivity contribution < 1.29 is 13.6 Å². The summed E-state index contributed by atoms with van der Waals surface area (Å²) >= 11 is 0. The number of benzene rings is 1. The van der Waals surface area contributed by atoms with Gasteiger partial charge in [-0.3, -0.25) is 4.79 Å². The van der Waals surface area contributed by atoms with Crippen LogP contribution in [0.25, 0.3) is 0 Å². The van der Waals surface area contributed by atoms with Gasteiger partial charge >= 0.3 is 0 Å². The zero-order valence-corrected chi connectivity index (χ0v) is 9.26. The largest absolute Gasteiger partial charge is 0.304 e. The highest BCUT2D eigenvalue weighted by Crippen LogP contribution is 2.35. The van der Waals surface area contributed by atoms with Crippen LogP contribution in [0, 0.1) is 11.6 Å². The Morgan fingerprint density at radius 1 is 1.31 bits per heavy atom. The molecule has 0 radical (unpaired) electrons. The third-order valence-corrected chi connectivity index (χ3v) is 2.96. The van der Waals surface area contributed by atoms with E-state index in [4.69, 9.17) is 0 Å². The van der Waals surface area contributed by atoms with Crippen molar-refractivity contribution in [3.05, 3.63) is 29.8 Å². The van der Waals surface area contributed by atoms with Gasteiger partial charge in [-0.15, -0.1) is 0 Å². The molecule has 2 nitrogen and oxygen atoms in total. The quantitative estimate of drug-likeness (QED) is 0.719. The average molecular weight is 225 g/mol. The molecular weight excluding hydrogens is 212 g/mol. The standard InChI is InChI=1S/C12H13F2NO/c1-12(2)6-5-11(16)15(12)10-4-3-8(13)7-9(10)14/h3-4,7H,5-6H2,1-2H3. The van der Waals surface area contributed by atoms with E-state index >= 15 is 0 Å². The van der Waals surface area contributed by atoms with E-state index in [1.54, 1.807) is 0 Å². The van der Waals surface area contributed by atoms with Crippen molar-refractivity contribution in [2.45, 2.75) is 32.2 Å².